The van der Waals surface area contributed by atoms with Crippen LogP contribution in [0.5, 0.6) is 11.5 Å². The quantitative estimate of drug-likeness (QED) is 0.306. The molecule has 0 aromatic heterocycles. The fourth-order valence-corrected chi connectivity index (χ4v) is 6.09. The Balaban J connectivity index is 0.00000462. The van der Waals surface area contributed by atoms with E-state index in [0.717, 1.165) is 51.0 Å². The molecular formula is C30H45ClN4O5S. The van der Waals surface area contributed by atoms with Crippen LogP contribution in [0.3, 0.4) is 0 Å². The summed E-state index contributed by atoms with van der Waals surface area (Å²) >= 11 is 0. The predicted molar refractivity (Wildman–Crippen MR) is 165 cm³/mol. The minimum Gasteiger partial charge on any atom is -0.457 e. The fourth-order valence-electron chi connectivity index (χ4n) is 5.53. The highest BCUT2D eigenvalue weighted by molar-refractivity contribution is 7.92. The van der Waals surface area contributed by atoms with Gasteiger partial charge in [-0.25, -0.2) is 8.42 Å². The summed E-state index contributed by atoms with van der Waals surface area (Å²) < 4.78 is 36.4. The number of likely N-dealkylation sites (tertiary alicyclic amines) is 1. The van der Waals surface area contributed by atoms with Crippen molar-refractivity contribution < 1.29 is 22.7 Å². The van der Waals surface area contributed by atoms with Gasteiger partial charge < -0.3 is 20.1 Å². The lowest BCUT2D eigenvalue weighted by Crippen LogP contribution is -2.53. The molecule has 228 valence electrons. The molecule has 11 heteroatoms. The van der Waals surface area contributed by atoms with Crippen LogP contribution in [0.2, 0.25) is 0 Å². The summed E-state index contributed by atoms with van der Waals surface area (Å²) in [5.41, 5.74) is 1.71. The first-order valence-electron chi connectivity index (χ1n) is 14.4. The second-order valence-corrected chi connectivity index (χ2v) is 12.9. The summed E-state index contributed by atoms with van der Waals surface area (Å²) in [4.78, 5) is 15.3. The molecule has 0 spiro atoms. The van der Waals surface area contributed by atoms with Crippen molar-refractivity contribution in [2.24, 2.45) is 5.92 Å². The van der Waals surface area contributed by atoms with Gasteiger partial charge in [-0.2, -0.15) is 0 Å². The molecule has 2 aromatic carbocycles. The number of hydrogen-bond acceptors (Lipinski definition) is 7. The van der Waals surface area contributed by atoms with Crippen LogP contribution in [-0.2, 0) is 26.1 Å². The highest BCUT2D eigenvalue weighted by Gasteiger charge is 2.26. The summed E-state index contributed by atoms with van der Waals surface area (Å²) in [5, 5.41) is 6.73. The predicted octanol–water partition coefficient (Wildman–Crippen LogP) is 4.54. The monoisotopic (exact) mass is 608 g/mol. The minimum absolute atomic E-state index is 0. The van der Waals surface area contributed by atoms with Gasteiger partial charge in [0.15, 0.2) is 0 Å². The number of amides is 1. The molecule has 1 aliphatic carbocycles. The van der Waals surface area contributed by atoms with Gasteiger partial charge >= 0.3 is 0 Å². The number of carbonyl (C=O) groups excluding carboxylic acids is 1. The lowest BCUT2D eigenvalue weighted by molar-refractivity contribution is -0.125. The van der Waals surface area contributed by atoms with E-state index in [0.29, 0.717) is 30.0 Å². The zero-order valence-electron chi connectivity index (χ0n) is 24.1. The van der Waals surface area contributed by atoms with Crippen LogP contribution in [0.15, 0.2) is 48.5 Å². The van der Waals surface area contributed by atoms with Crippen molar-refractivity contribution >= 4 is 34.0 Å². The molecule has 1 atom stereocenters. The van der Waals surface area contributed by atoms with Crippen molar-refractivity contribution in [2.45, 2.75) is 63.6 Å². The number of methoxy groups -OCH3 is 1. The Bertz CT molecular complexity index is 1170. The number of halogens is 1. The largest absolute Gasteiger partial charge is 0.457 e. The lowest BCUT2D eigenvalue weighted by Gasteiger charge is -2.34. The van der Waals surface area contributed by atoms with Crippen LogP contribution >= 0.6 is 12.4 Å². The van der Waals surface area contributed by atoms with Gasteiger partial charge in [0.25, 0.3) is 0 Å². The van der Waals surface area contributed by atoms with Crippen LogP contribution in [0.4, 0.5) is 5.69 Å². The zero-order chi connectivity index (χ0) is 28.4. The Labute approximate surface area is 251 Å². The van der Waals surface area contributed by atoms with Gasteiger partial charge in [-0.15, -0.1) is 12.4 Å². The maximum Gasteiger partial charge on any atom is 0.239 e. The first-order chi connectivity index (χ1) is 19.3. The van der Waals surface area contributed by atoms with Crippen molar-refractivity contribution in [2.75, 3.05) is 44.3 Å². The maximum absolute atomic E-state index is 12.9. The van der Waals surface area contributed by atoms with E-state index in [2.05, 4.69) is 32.4 Å². The smallest absolute Gasteiger partial charge is 0.239 e. The van der Waals surface area contributed by atoms with Gasteiger partial charge in [-0.1, -0.05) is 31.4 Å². The second-order valence-electron chi connectivity index (χ2n) is 11.1. The van der Waals surface area contributed by atoms with Gasteiger partial charge in [0.1, 0.15) is 17.5 Å². The van der Waals surface area contributed by atoms with E-state index >= 15 is 0 Å². The number of hydrogen-bond donors (Lipinski definition) is 3. The average Bonchev–Trinajstić information content (AvgIpc) is 2.94. The van der Waals surface area contributed by atoms with E-state index in [4.69, 9.17) is 9.47 Å². The van der Waals surface area contributed by atoms with Gasteiger partial charge in [0.2, 0.25) is 15.9 Å². The number of sulfonamides is 1. The van der Waals surface area contributed by atoms with Gasteiger partial charge in [0, 0.05) is 31.9 Å². The van der Waals surface area contributed by atoms with Crippen LogP contribution in [0, 0.1) is 5.92 Å². The Morgan fingerprint density at radius 2 is 1.56 bits per heavy atom. The fraction of sp³-hybridized carbons (Fsp3) is 0.567. The zero-order valence-corrected chi connectivity index (χ0v) is 25.8. The molecule has 2 aromatic rings. The van der Waals surface area contributed by atoms with Gasteiger partial charge in [-0.05, 0) is 86.7 Å². The van der Waals surface area contributed by atoms with E-state index in [1.165, 1.54) is 37.7 Å². The first-order valence-corrected chi connectivity index (χ1v) is 16.3. The number of nitrogens with zero attached hydrogens (tertiary/aromatic N) is 1. The van der Waals surface area contributed by atoms with E-state index in [9.17, 15) is 13.2 Å². The molecule has 1 amide bonds. The standard InChI is InChI=1S/C30H44N4O5S.ClH/c1-38-22-29(30(35)31-20-23-6-4-3-5-7-23)32-25-16-18-34(19-17-25)21-24-8-12-27(13-9-24)39-28-14-10-26(11-15-28)33-40(2,36)37;/h8-15,23,25,29,32-33H,3-7,16-22H2,1-2H3,(H,31,35);1H. The summed E-state index contributed by atoms with van der Waals surface area (Å²) in [6.45, 7) is 3.95. The second kappa shape index (κ2) is 16.3. The molecule has 1 heterocycles. The topological polar surface area (TPSA) is 109 Å². The first kappa shape index (κ1) is 33.1. The molecule has 0 bridgehead atoms. The van der Waals surface area contributed by atoms with Crippen molar-refractivity contribution in [3.8, 4) is 11.5 Å². The number of carbonyl (C=O) groups is 1. The molecular weight excluding hydrogens is 564 g/mol. The molecule has 4 rings (SSSR count). The number of nitrogens with one attached hydrogen (secondary N) is 3. The molecule has 1 saturated carbocycles. The average molecular weight is 609 g/mol. The molecule has 2 aliphatic rings. The molecule has 1 unspecified atom stereocenters. The number of ether oxygens (including phenoxy) is 2. The Kier molecular flexibility index (Phi) is 13.2. The Hall–Kier alpha value is -2.37. The summed E-state index contributed by atoms with van der Waals surface area (Å²) in [6.07, 6.45) is 9.41. The third-order valence-electron chi connectivity index (χ3n) is 7.69. The highest BCUT2D eigenvalue weighted by atomic mass is 35.5. The van der Waals surface area contributed by atoms with Gasteiger partial charge in [-0.3, -0.25) is 14.4 Å². The third-order valence-corrected chi connectivity index (χ3v) is 8.29. The van der Waals surface area contributed by atoms with E-state index < -0.39 is 10.0 Å². The molecule has 9 nitrogen and oxygen atoms in total. The minimum atomic E-state index is -3.31. The van der Waals surface area contributed by atoms with Crippen molar-refractivity contribution in [1.29, 1.82) is 0 Å². The molecule has 1 saturated heterocycles. The Morgan fingerprint density at radius 3 is 2.15 bits per heavy atom. The Morgan fingerprint density at radius 1 is 0.951 bits per heavy atom. The van der Waals surface area contributed by atoms with Gasteiger partial charge in [0.05, 0.1) is 12.9 Å². The summed E-state index contributed by atoms with van der Waals surface area (Å²) in [6, 6.07) is 14.8. The maximum atomic E-state index is 12.9. The van der Waals surface area contributed by atoms with E-state index in [-0.39, 0.29) is 24.4 Å². The molecule has 0 radical (unpaired) electrons. The molecule has 3 N–H and O–H groups in total. The van der Waals surface area contributed by atoms with E-state index in [1.807, 2.05) is 12.1 Å². The molecule has 41 heavy (non-hydrogen) atoms. The van der Waals surface area contributed by atoms with Crippen LogP contribution in [0.25, 0.3) is 0 Å². The number of benzene rings is 2. The molecule has 2 fully saturated rings. The van der Waals surface area contributed by atoms with Crippen molar-refractivity contribution in [1.82, 2.24) is 15.5 Å². The number of rotatable bonds is 13. The van der Waals surface area contributed by atoms with Crippen molar-refractivity contribution in [3.05, 3.63) is 54.1 Å². The van der Waals surface area contributed by atoms with Crippen LogP contribution in [-0.4, -0.2) is 70.9 Å². The number of piperidine rings is 1. The molecule has 1 aliphatic heterocycles. The summed E-state index contributed by atoms with van der Waals surface area (Å²) in [5.74, 6) is 2.03. The normalized spacial score (nSPS) is 17.8. The van der Waals surface area contributed by atoms with E-state index in [1.54, 1.807) is 31.4 Å². The number of anilines is 1. The van der Waals surface area contributed by atoms with Crippen LogP contribution < -0.4 is 20.1 Å². The third kappa shape index (κ3) is 11.4. The highest BCUT2D eigenvalue weighted by Crippen LogP contribution is 2.25. The SMILES string of the molecule is COCC(NC1CCN(Cc2ccc(Oc3ccc(NS(C)(=O)=O)cc3)cc2)CC1)C(=O)NCC1CCCCC1.Cl. The van der Waals surface area contributed by atoms with Crippen LogP contribution in [0.1, 0.15) is 50.5 Å². The lowest BCUT2D eigenvalue weighted by atomic mass is 9.89. The van der Waals surface area contributed by atoms with Crippen molar-refractivity contribution in [3.63, 3.8) is 0 Å². The summed E-state index contributed by atoms with van der Waals surface area (Å²) in [7, 11) is -1.66.